The molecule has 0 heterocycles. The van der Waals surface area contributed by atoms with Crippen LogP contribution in [-0.2, 0) is 0 Å². The molecule has 1 aliphatic carbocycles. The first-order valence-corrected chi connectivity index (χ1v) is 6.37. The molecule has 1 nitrogen and oxygen atoms in total. The highest BCUT2D eigenvalue weighted by Gasteiger charge is 2.34. The Labute approximate surface area is 104 Å². The summed E-state index contributed by atoms with van der Waals surface area (Å²) in [6, 6.07) is 5.94. The normalized spacial score (nSPS) is 23.3. The molecule has 0 aromatic heterocycles. The van der Waals surface area contributed by atoms with Crippen molar-refractivity contribution in [3.63, 3.8) is 0 Å². The van der Waals surface area contributed by atoms with Gasteiger partial charge in [-0.2, -0.15) is 0 Å². The first kappa shape index (κ1) is 12.2. The molecule has 0 radical (unpaired) electrons. The van der Waals surface area contributed by atoms with Gasteiger partial charge < -0.3 is 5.11 Å². The zero-order valence-electron chi connectivity index (χ0n) is 11.2. The number of phenolic OH excluding ortho intramolecular Hbond substituents is 1. The minimum atomic E-state index is 0.277. The third-order valence-corrected chi connectivity index (χ3v) is 3.91. The van der Waals surface area contributed by atoms with Crippen LogP contribution in [0.15, 0.2) is 29.8 Å². The molecule has 1 atom stereocenters. The van der Waals surface area contributed by atoms with E-state index in [9.17, 15) is 5.11 Å². The van der Waals surface area contributed by atoms with Crippen molar-refractivity contribution in [3.05, 3.63) is 41.0 Å². The van der Waals surface area contributed by atoms with Crippen molar-refractivity contribution in [1.29, 1.82) is 0 Å². The Kier molecular flexibility index (Phi) is 3.03. The lowest BCUT2D eigenvalue weighted by atomic mass is 9.66. The van der Waals surface area contributed by atoms with E-state index in [4.69, 9.17) is 0 Å². The summed E-state index contributed by atoms with van der Waals surface area (Å²) in [4.78, 5) is 0. The number of allylic oxidation sites excluding steroid dienone is 2. The fraction of sp³-hybridized carbons (Fsp3) is 0.500. The quantitative estimate of drug-likeness (QED) is 0.702. The standard InChI is InChI=1S/C16H22O/c1-11-8-13(10-14(17)9-11)15-12(2)6-5-7-16(15,3)4/h6,8-10,15,17H,5,7H2,1-4H3. The Hall–Kier alpha value is -1.24. The molecule has 92 valence electrons. The molecule has 2 rings (SSSR count). The molecule has 1 N–H and O–H groups in total. The van der Waals surface area contributed by atoms with Crippen LogP contribution in [0.5, 0.6) is 5.75 Å². The van der Waals surface area contributed by atoms with Gasteiger partial charge in [0.2, 0.25) is 0 Å². The third-order valence-electron chi connectivity index (χ3n) is 3.91. The Balaban J connectivity index is 2.49. The lowest BCUT2D eigenvalue weighted by Crippen LogP contribution is -2.26. The second kappa shape index (κ2) is 4.21. The van der Waals surface area contributed by atoms with Crippen LogP contribution in [0.1, 0.15) is 50.7 Å². The fourth-order valence-electron chi connectivity index (χ4n) is 3.22. The van der Waals surface area contributed by atoms with Gasteiger partial charge in [0.25, 0.3) is 0 Å². The van der Waals surface area contributed by atoms with Crippen LogP contribution >= 0.6 is 0 Å². The van der Waals surface area contributed by atoms with E-state index in [1.807, 2.05) is 19.1 Å². The average Bonchev–Trinajstić information content (AvgIpc) is 2.13. The summed E-state index contributed by atoms with van der Waals surface area (Å²) in [6.45, 7) is 8.91. The van der Waals surface area contributed by atoms with E-state index in [1.54, 1.807) is 0 Å². The topological polar surface area (TPSA) is 20.2 Å². The molecule has 0 aliphatic heterocycles. The van der Waals surface area contributed by atoms with Crippen LogP contribution in [0.4, 0.5) is 0 Å². The summed E-state index contributed by atoms with van der Waals surface area (Å²) < 4.78 is 0. The van der Waals surface area contributed by atoms with Crippen molar-refractivity contribution in [2.45, 2.75) is 46.5 Å². The maximum absolute atomic E-state index is 9.76. The molecule has 0 fully saturated rings. The second-order valence-electron chi connectivity index (χ2n) is 6.01. The van der Waals surface area contributed by atoms with Crippen LogP contribution < -0.4 is 0 Å². The van der Waals surface area contributed by atoms with E-state index < -0.39 is 0 Å². The van der Waals surface area contributed by atoms with Gasteiger partial charge in [0, 0.05) is 5.92 Å². The van der Waals surface area contributed by atoms with Crippen molar-refractivity contribution in [2.24, 2.45) is 5.41 Å². The Morgan fingerprint density at radius 2 is 1.88 bits per heavy atom. The van der Waals surface area contributed by atoms with Crippen molar-refractivity contribution in [2.75, 3.05) is 0 Å². The van der Waals surface area contributed by atoms with Gasteiger partial charge in [0.15, 0.2) is 0 Å². The van der Waals surface area contributed by atoms with Gasteiger partial charge in [-0.1, -0.05) is 31.6 Å². The summed E-state index contributed by atoms with van der Waals surface area (Å²) in [6.07, 6.45) is 4.73. The summed E-state index contributed by atoms with van der Waals surface area (Å²) in [5.41, 5.74) is 4.10. The van der Waals surface area contributed by atoms with Gasteiger partial charge in [-0.3, -0.25) is 0 Å². The van der Waals surface area contributed by atoms with Gasteiger partial charge in [0.1, 0.15) is 5.75 Å². The van der Waals surface area contributed by atoms with Gasteiger partial charge in [-0.25, -0.2) is 0 Å². The number of phenols is 1. The van der Waals surface area contributed by atoms with Crippen LogP contribution in [-0.4, -0.2) is 5.11 Å². The maximum Gasteiger partial charge on any atom is 0.116 e. The van der Waals surface area contributed by atoms with Gasteiger partial charge in [-0.15, -0.1) is 0 Å². The largest absolute Gasteiger partial charge is 0.508 e. The third kappa shape index (κ3) is 2.38. The number of benzene rings is 1. The molecule has 1 aliphatic rings. The first-order valence-electron chi connectivity index (χ1n) is 6.37. The van der Waals surface area contributed by atoms with Gasteiger partial charge in [0.05, 0.1) is 0 Å². The van der Waals surface area contributed by atoms with E-state index in [0.29, 0.717) is 11.7 Å². The molecular weight excluding hydrogens is 208 g/mol. The van der Waals surface area contributed by atoms with E-state index in [0.717, 1.165) is 5.56 Å². The molecular formula is C16H22O. The first-order chi connectivity index (χ1) is 7.90. The average molecular weight is 230 g/mol. The van der Waals surface area contributed by atoms with Gasteiger partial charge in [-0.05, 0) is 55.4 Å². The molecule has 1 heteroatoms. The minimum Gasteiger partial charge on any atom is -0.508 e. The number of rotatable bonds is 1. The Morgan fingerprint density at radius 3 is 2.47 bits per heavy atom. The predicted molar refractivity (Wildman–Crippen MR) is 72.4 cm³/mol. The highest BCUT2D eigenvalue weighted by molar-refractivity contribution is 5.40. The Morgan fingerprint density at radius 1 is 1.18 bits per heavy atom. The molecule has 1 aromatic carbocycles. The van der Waals surface area contributed by atoms with Crippen molar-refractivity contribution in [3.8, 4) is 5.75 Å². The van der Waals surface area contributed by atoms with Crippen LogP contribution in [0.3, 0.4) is 0 Å². The smallest absolute Gasteiger partial charge is 0.116 e. The lowest BCUT2D eigenvalue weighted by molar-refractivity contribution is 0.275. The molecule has 0 spiro atoms. The minimum absolute atomic E-state index is 0.277. The van der Waals surface area contributed by atoms with Crippen LogP contribution in [0, 0.1) is 12.3 Å². The lowest BCUT2D eigenvalue weighted by Gasteiger charge is -2.39. The number of aromatic hydroxyl groups is 1. The molecule has 17 heavy (non-hydrogen) atoms. The van der Waals surface area contributed by atoms with Crippen molar-refractivity contribution in [1.82, 2.24) is 0 Å². The second-order valence-corrected chi connectivity index (χ2v) is 6.01. The fourth-order valence-corrected chi connectivity index (χ4v) is 3.22. The van der Waals surface area contributed by atoms with Crippen LogP contribution in [0.2, 0.25) is 0 Å². The van der Waals surface area contributed by atoms with E-state index in [-0.39, 0.29) is 5.41 Å². The molecule has 1 unspecified atom stereocenters. The predicted octanol–water partition coefficient (Wildman–Crippen LogP) is 4.55. The molecule has 0 bridgehead atoms. The zero-order chi connectivity index (χ0) is 12.6. The SMILES string of the molecule is CC1=CCCC(C)(C)C1c1cc(C)cc(O)c1. The van der Waals surface area contributed by atoms with Crippen molar-refractivity contribution < 1.29 is 5.11 Å². The highest BCUT2D eigenvalue weighted by atomic mass is 16.3. The Bertz CT molecular complexity index is 434. The highest BCUT2D eigenvalue weighted by Crippen LogP contribution is 2.47. The maximum atomic E-state index is 9.76. The summed E-state index contributed by atoms with van der Waals surface area (Å²) in [7, 11) is 0. The summed E-state index contributed by atoms with van der Waals surface area (Å²) in [5, 5.41) is 9.76. The van der Waals surface area contributed by atoms with Crippen molar-refractivity contribution >= 4 is 0 Å². The summed E-state index contributed by atoms with van der Waals surface area (Å²) in [5.74, 6) is 0.816. The summed E-state index contributed by atoms with van der Waals surface area (Å²) >= 11 is 0. The molecule has 0 amide bonds. The molecule has 0 saturated carbocycles. The monoisotopic (exact) mass is 230 g/mol. The number of hydrogen-bond donors (Lipinski definition) is 1. The molecule has 0 saturated heterocycles. The number of aryl methyl sites for hydroxylation is 1. The van der Waals surface area contributed by atoms with Crippen LogP contribution in [0.25, 0.3) is 0 Å². The zero-order valence-corrected chi connectivity index (χ0v) is 11.2. The van der Waals surface area contributed by atoms with E-state index in [2.05, 4.69) is 32.9 Å². The van der Waals surface area contributed by atoms with E-state index >= 15 is 0 Å². The molecule has 1 aromatic rings. The number of hydrogen-bond acceptors (Lipinski definition) is 1. The van der Waals surface area contributed by atoms with E-state index in [1.165, 1.54) is 24.0 Å². The van der Waals surface area contributed by atoms with Gasteiger partial charge >= 0.3 is 0 Å².